The van der Waals surface area contributed by atoms with Crippen molar-refractivity contribution in [3.63, 3.8) is 0 Å². The summed E-state index contributed by atoms with van der Waals surface area (Å²) in [4.78, 5) is 19.5. The van der Waals surface area contributed by atoms with Crippen molar-refractivity contribution in [2.75, 3.05) is 0 Å². The molecule has 0 heterocycles. The van der Waals surface area contributed by atoms with Crippen LogP contribution in [0, 0.1) is 0 Å². The molecule has 0 N–H and O–H groups in total. The van der Waals surface area contributed by atoms with Gasteiger partial charge in [0, 0.05) is 0 Å². The second-order valence-corrected chi connectivity index (χ2v) is 1.97. The number of halogens is 3. The zero-order valence-corrected chi connectivity index (χ0v) is 7.55. The maximum Gasteiger partial charge on any atom is 1.00 e. The van der Waals surface area contributed by atoms with Crippen molar-refractivity contribution < 1.29 is 70.7 Å². The number of aliphatic carboxylic acids is 2. The SMILES string of the molecule is O=C([O-])C(F)(CC(F)F)C(=O)[O-].[Li+].[Li+]. The minimum atomic E-state index is -4.12. The van der Waals surface area contributed by atoms with Gasteiger partial charge in [-0.15, -0.1) is 0 Å². The molecule has 70 valence electrons. The van der Waals surface area contributed by atoms with E-state index < -0.39 is 30.5 Å². The maximum atomic E-state index is 12.5. The summed E-state index contributed by atoms with van der Waals surface area (Å²) in [7, 11) is 0. The molecule has 0 aliphatic carbocycles. The third kappa shape index (κ3) is 4.97. The van der Waals surface area contributed by atoms with Gasteiger partial charge in [0.15, 0.2) is 5.67 Å². The molecular formula is C5H3F3Li2O4. The number of carboxylic acid groups (broad SMARTS) is 2. The summed E-state index contributed by atoms with van der Waals surface area (Å²) in [5.41, 5.74) is -4.12. The summed E-state index contributed by atoms with van der Waals surface area (Å²) in [5, 5.41) is 19.5. The van der Waals surface area contributed by atoms with E-state index in [-0.39, 0.29) is 37.7 Å². The average Bonchev–Trinajstić information content (AvgIpc) is 1.84. The Hall–Kier alpha value is -0.0752. The third-order valence-electron chi connectivity index (χ3n) is 1.08. The molecule has 14 heavy (non-hydrogen) atoms. The molecule has 0 amide bonds. The van der Waals surface area contributed by atoms with Crippen LogP contribution in [0.3, 0.4) is 0 Å². The molecule has 0 aliphatic heterocycles. The second-order valence-electron chi connectivity index (χ2n) is 1.97. The molecule has 0 aromatic carbocycles. The Morgan fingerprint density at radius 1 is 1.14 bits per heavy atom. The number of carboxylic acids is 2. The van der Waals surface area contributed by atoms with Gasteiger partial charge >= 0.3 is 37.7 Å². The van der Waals surface area contributed by atoms with Crippen LogP contribution in [-0.2, 0) is 9.59 Å². The van der Waals surface area contributed by atoms with Crippen molar-refractivity contribution in [2.45, 2.75) is 18.5 Å². The van der Waals surface area contributed by atoms with Crippen LogP contribution in [0.15, 0.2) is 0 Å². The molecule has 0 saturated carbocycles. The smallest absolute Gasteiger partial charge is 0.546 e. The predicted octanol–water partition coefficient (Wildman–Crippen LogP) is -8.14. The second kappa shape index (κ2) is 7.25. The Labute approximate surface area is 101 Å². The zero-order chi connectivity index (χ0) is 9.94. The summed E-state index contributed by atoms with van der Waals surface area (Å²) in [5.74, 6) is -5.47. The van der Waals surface area contributed by atoms with Gasteiger partial charge in [0.1, 0.15) is 0 Å². The van der Waals surface area contributed by atoms with E-state index in [4.69, 9.17) is 0 Å². The fourth-order valence-corrected chi connectivity index (χ4v) is 0.463. The molecule has 0 aromatic rings. The monoisotopic (exact) mass is 198 g/mol. The van der Waals surface area contributed by atoms with Crippen LogP contribution in [0.5, 0.6) is 0 Å². The molecule has 0 bridgehead atoms. The molecule has 0 spiro atoms. The summed E-state index contributed by atoms with van der Waals surface area (Å²) in [6, 6.07) is 0. The van der Waals surface area contributed by atoms with Gasteiger partial charge in [-0.2, -0.15) is 0 Å². The topological polar surface area (TPSA) is 80.3 Å². The Morgan fingerprint density at radius 3 is 1.50 bits per heavy atom. The van der Waals surface area contributed by atoms with E-state index in [2.05, 4.69) is 0 Å². The van der Waals surface area contributed by atoms with E-state index in [1.165, 1.54) is 0 Å². The number of rotatable bonds is 4. The Kier molecular flexibility index (Phi) is 10.1. The van der Waals surface area contributed by atoms with Crippen molar-refractivity contribution in [3.8, 4) is 0 Å². The van der Waals surface area contributed by atoms with Crippen molar-refractivity contribution in [1.82, 2.24) is 0 Å². The summed E-state index contributed by atoms with van der Waals surface area (Å²) in [6.07, 6.45) is -5.37. The molecule has 0 atom stereocenters. The maximum absolute atomic E-state index is 12.5. The minimum absolute atomic E-state index is 0. The quantitative estimate of drug-likeness (QED) is 0.332. The average molecular weight is 198 g/mol. The van der Waals surface area contributed by atoms with Crippen LogP contribution in [0.25, 0.3) is 0 Å². The molecule has 0 aliphatic rings. The molecular weight excluding hydrogens is 195 g/mol. The summed E-state index contributed by atoms with van der Waals surface area (Å²) in [6.45, 7) is 0. The molecule has 0 aromatic heterocycles. The van der Waals surface area contributed by atoms with E-state index in [0.29, 0.717) is 0 Å². The van der Waals surface area contributed by atoms with Crippen LogP contribution in [0.2, 0.25) is 0 Å². The fraction of sp³-hybridized carbons (Fsp3) is 0.600. The fourth-order valence-electron chi connectivity index (χ4n) is 0.463. The Morgan fingerprint density at radius 2 is 1.43 bits per heavy atom. The molecule has 0 rings (SSSR count). The normalized spacial score (nSPS) is 10.0. The first-order valence-corrected chi connectivity index (χ1v) is 2.70. The first-order valence-electron chi connectivity index (χ1n) is 2.70. The number of carbonyl (C=O) groups is 2. The number of alkyl halides is 3. The molecule has 0 fully saturated rings. The van der Waals surface area contributed by atoms with E-state index in [0.717, 1.165) is 0 Å². The summed E-state index contributed by atoms with van der Waals surface area (Å²) >= 11 is 0. The Bertz CT molecular complexity index is 197. The van der Waals surface area contributed by atoms with E-state index in [1.54, 1.807) is 0 Å². The zero-order valence-electron chi connectivity index (χ0n) is 7.55. The van der Waals surface area contributed by atoms with Crippen molar-refractivity contribution in [3.05, 3.63) is 0 Å². The van der Waals surface area contributed by atoms with Gasteiger partial charge in [0.25, 0.3) is 0 Å². The first kappa shape index (κ1) is 19.5. The van der Waals surface area contributed by atoms with Crippen molar-refractivity contribution in [1.29, 1.82) is 0 Å². The largest absolute Gasteiger partial charge is 1.00 e. The van der Waals surface area contributed by atoms with Gasteiger partial charge in [-0.25, -0.2) is 13.2 Å². The first-order chi connectivity index (χ1) is 5.30. The van der Waals surface area contributed by atoms with Crippen LogP contribution in [0.4, 0.5) is 13.2 Å². The van der Waals surface area contributed by atoms with Crippen LogP contribution < -0.4 is 47.9 Å². The van der Waals surface area contributed by atoms with Crippen LogP contribution in [-0.4, -0.2) is 24.0 Å². The number of carbonyl (C=O) groups excluding carboxylic acids is 2. The van der Waals surface area contributed by atoms with Gasteiger partial charge in [-0.05, 0) is 0 Å². The molecule has 0 unspecified atom stereocenters. The molecule has 9 heteroatoms. The van der Waals surface area contributed by atoms with Gasteiger partial charge < -0.3 is 19.8 Å². The van der Waals surface area contributed by atoms with Gasteiger partial charge in [-0.3, -0.25) is 0 Å². The summed E-state index contributed by atoms with van der Waals surface area (Å²) < 4.78 is 35.3. The van der Waals surface area contributed by atoms with Crippen molar-refractivity contribution >= 4 is 11.9 Å². The molecule has 4 nitrogen and oxygen atoms in total. The van der Waals surface area contributed by atoms with E-state index in [9.17, 15) is 33.0 Å². The number of hydrogen-bond donors (Lipinski definition) is 0. The Balaban J connectivity index is -0.000000605. The van der Waals surface area contributed by atoms with Gasteiger partial charge in [0.05, 0.1) is 18.4 Å². The predicted molar refractivity (Wildman–Crippen MR) is 24.5 cm³/mol. The number of hydrogen-bond acceptors (Lipinski definition) is 4. The van der Waals surface area contributed by atoms with Crippen LogP contribution in [0.1, 0.15) is 6.42 Å². The third-order valence-corrected chi connectivity index (χ3v) is 1.08. The van der Waals surface area contributed by atoms with Gasteiger partial charge in [0.2, 0.25) is 6.43 Å². The van der Waals surface area contributed by atoms with E-state index in [1.807, 2.05) is 0 Å². The van der Waals surface area contributed by atoms with E-state index >= 15 is 0 Å². The van der Waals surface area contributed by atoms with Gasteiger partial charge in [-0.1, -0.05) is 0 Å². The van der Waals surface area contributed by atoms with Crippen LogP contribution >= 0.6 is 0 Å². The van der Waals surface area contributed by atoms with Crippen molar-refractivity contribution in [2.24, 2.45) is 0 Å². The standard InChI is InChI=1S/C5H5F3O4.2Li/c6-2(7)1-5(8,3(9)10)4(11)12;;/h2H,1H2,(H,9,10)(H,11,12);;/q;2*+1/p-2. The molecule has 0 radical (unpaired) electrons. The molecule has 0 saturated heterocycles. The minimum Gasteiger partial charge on any atom is -0.546 e.